The highest BCUT2D eigenvalue weighted by Crippen LogP contribution is 2.32. The van der Waals surface area contributed by atoms with Crippen molar-refractivity contribution in [3.8, 4) is 16.9 Å². The number of hydrogen-bond acceptors (Lipinski definition) is 6. The van der Waals surface area contributed by atoms with Gasteiger partial charge < -0.3 is 20.1 Å². The molecule has 2 aromatic heterocycles. The monoisotopic (exact) mass is 495 g/mol. The van der Waals surface area contributed by atoms with Gasteiger partial charge in [-0.05, 0) is 60.4 Å². The lowest BCUT2D eigenvalue weighted by molar-refractivity contribution is 0.101. The summed E-state index contributed by atoms with van der Waals surface area (Å²) in [4.78, 5) is 19.7. The Bertz CT molecular complexity index is 1310. The average Bonchev–Trinajstić information content (AvgIpc) is 3.33. The number of H-pyrrole nitrogens is 1. The van der Waals surface area contributed by atoms with Gasteiger partial charge in [-0.2, -0.15) is 0 Å². The quantitative estimate of drug-likeness (QED) is 0.276. The van der Waals surface area contributed by atoms with E-state index in [1.54, 1.807) is 48.7 Å². The highest BCUT2D eigenvalue weighted by molar-refractivity contribution is 6.33. The van der Waals surface area contributed by atoms with Gasteiger partial charge in [-0.1, -0.05) is 29.8 Å². The molecule has 0 saturated heterocycles. The number of rotatable bonds is 10. The van der Waals surface area contributed by atoms with E-state index in [0.29, 0.717) is 41.0 Å². The standard InChI is InChI=1S/C25H23ClFN5O3/c26-20-8-7-18(35-12-4-3-11-33)15-19(20)16-9-10-28-22(13-16)30-25(34)24-29-23(31-32-24)14-17-5-1-2-6-21(17)27/h1-2,5-10,13,15,33H,3-4,11-12,14H2,(H,28,30,34)(H,29,31,32). The molecular weight excluding hydrogens is 473 g/mol. The Labute approximate surface area is 206 Å². The molecule has 0 spiro atoms. The van der Waals surface area contributed by atoms with E-state index in [-0.39, 0.29) is 24.7 Å². The molecule has 0 aliphatic heterocycles. The number of anilines is 1. The number of ether oxygens (including phenoxy) is 1. The van der Waals surface area contributed by atoms with Crippen LogP contribution in [0.15, 0.2) is 60.8 Å². The molecule has 0 bridgehead atoms. The first-order valence-electron chi connectivity index (χ1n) is 11.0. The highest BCUT2D eigenvalue weighted by atomic mass is 35.5. The number of carbonyl (C=O) groups excluding carboxylic acids is 1. The third-order valence-corrected chi connectivity index (χ3v) is 5.47. The second-order valence-electron chi connectivity index (χ2n) is 7.69. The van der Waals surface area contributed by atoms with Gasteiger partial charge in [0.25, 0.3) is 5.91 Å². The van der Waals surface area contributed by atoms with Crippen LogP contribution < -0.4 is 10.1 Å². The second-order valence-corrected chi connectivity index (χ2v) is 8.10. The van der Waals surface area contributed by atoms with Gasteiger partial charge >= 0.3 is 0 Å². The number of benzene rings is 2. The van der Waals surface area contributed by atoms with E-state index < -0.39 is 5.91 Å². The van der Waals surface area contributed by atoms with E-state index in [0.717, 1.165) is 17.5 Å². The van der Waals surface area contributed by atoms with Crippen LogP contribution in [0.3, 0.4) is 0 Å². The number of aromatic amines is 1. The maximum absolute atomic E-state index is 13.9. The lowest BCUT2D eigenvalue weighted by Gasteiger charge is -2.11. The van der Waals surface area contributed by atoms with Crippen LogP contribution in [-0.4, -0.2) is 44.4 Å². The molecule has 0 fully saturated rings. The number of amides is 1. The van der Waals surface area contributed by atoms with E-state index in [9.17, 15) is 9.18 Å². The van der Waals surface area contributed by atoms with Gasteiger partial charge in [0.05, 0.1) is 6.61 Å². The van der Waals surface area contributed by atoms with E-state index in [1.165, 1.54) is 6.07 Å². The lowest BCUT2D eigenvalue weighted by atomic mass is 10.1. The molecule has 4 rings (SSSR count). The van der Waals surface area contributed by atoms with Crippen molar-refractivity contribution in [3.05, 3.63) is 88.8 Å². The number of carbonyl (C=O) groups is 1. The predicted octanol–water partition coefficient (Wildman–Crippen LogP) is 4.65. The molecule has 1 amide bonds. The number of nitrogens with zero attached hydrogens (tertiary/aromatic N) is 3. The number of aliphatic hydroxyl groups is 1. The Hall–Kier alpha value is -3.82. The zero-order valence-electron chi connectivity index (χ0n) is 18.7. The fraction of sp³-hybridized carbons (Fsp3) is 0.200. The predicted molar refractivity (Wildman–Crippen MR) is 130 cm³/mol. The maximum atomic E-state index is 13.9. The van der Waals surface area contributed by atoms with Crippen molar-refractivity contribution in [1.82, 2.24) is 20.2 Å². The van der Waals surface area contributed by atoms with Crippen molar-refractivity contribution in [3.63, 3.8) is 0 Å². The first-order chi connectivity index (χ1) is 17.0. The summed E-state index contributed by atoms with van der Waals surface area (Å²) in [6.07, 6.45) is 3.14. The zero-order valence-corrected chi connectivity index (χ0v) is 19.4. The number of unbranched alkanes of at least 4 members (excludes halogenated alkanes) is 1. The molecule has 0 aliphatic rings. The fourth-order valence-electron chi connectivity index (χ4n) is 3.36. The first kappa shape index (κ1) is 24.3. The minimum atomic E-state index is -0.533. The van der Waals surface area contributed by atoms with Crippen molar-refractivity contribution in [2.75, 3.05) is 18.5 Å². The molecule has 10 heteroatoms. The summed E-state index contributed by atoms with van der Waals surface area (Å²) in [6, 6.07) is 15.1. The molecule has 0 atom stereocenters. The number of halogens is 2. The van der Waals surface area contributed by atoms with Crippen molar-refractivity contribution >= 4 is 23.3 Å². The van der Waals surface area contributed by atoms with Gasteiger partial charge in [0, 0.05) is 29.8 Å². The molecule has 0 radical (unpaired) electrons. The van der Waals surface area contributed by atoms with Gasteiger partial charge in [0.1, 0.15) is 23.2 Å². The first-order valence-corrected chi connectivity index (χ1v) is 11.4. The number of pyridine rings is 1. The van der Waals surface area contributed by atoms with Crippen LogP contribution in [0.2, 0.25) is 5.02 Å². The molecule has 0 saturated carbocycles. The zero-order chi connectivity index (χ0) is 24.6. The van der Waals surface area contributed by atoms with Crippen LogP contribution >= 0.6 is 11.6 Å². The van der Waals surface area contributed by atoms with Gasteiger partial charge in [0.15, 0.2) is 0 Å². The van der Waals surface area contributed by atoms with E-state index >= 15 is 0 Å². The molecule has 180 valence electrons. The summed E-state index contributed by atoms with van der Waals surface area (Å²) in [7, 11) is 0. The van der Waals surface area contributed by atoms with Crippen molar-refractivity contribution in [1.29, 1.82) is 0 Å². The van der Waals surface area contributed by atoms with Crippen molar-refractivity contribution in [2.45, 2.75) is 19.3 Å². The third-order valence-electron chi connectivity index (χ3n) is 5.14. The minimum absolute atomic E-state index is 0.0140. The van der Waals surface area contributed by atoms with Crippen LogP contribution in [0.25, 0.3) is 11.1 Å². The smallest absolute Gasteiger partial charge is 0.294 e. The Morgan fingerprint density at radius 2 is 1.97 bits per heavy atom. The number of aliphatic hydroxyl groups excluding tert-OH is 1. The van der Waals surface area contributed by atoms with Gasteiger partial charge in [-0.25, -0.2) is 9.37 Å². The summed E-state index contributed by atoms with van der Waals surface area (Å²) in [5.74, 6) is 0.409. The van der Waals surface area contributed by atoms with Gasteiger partial charge in [0.2, 0.25) is 5.82 Å². The fourth-order valence-corrected chi connectivity index (χ4v) is 3.59. The van der Waals surface area contributed by atoms with Crippen LogP contribution in [0, 0.1) is 5.82 Å². The Morgan fingerprint density at radius 3 is 2.80 bits per heavy atom. The summed E-state index contributed by atoms with van der Waals surface area (Å²) in [6.45, 7) is 0.608. The average molecular weight is 496 g/mol. The van der Waals surface area contributed by atoms with Crippen molar-refractivity contribution in [2.24, 2.45) is 0 Å². The summed E-state index contributed by atoms with van der Waals surface area (Å²) >= 11 is 6.40. The Kier molecular flexibility index (Phi) is 8.02. The molecule has 2 aromatic carbocycles. The van der Waals surface area contributed by atoms with E-state index in [1.807, 2.05) is 6.07 Å². The Balaban J connectivity index is 1.45. The van der Waals surface area contributed by atoms with Gasteiger partial charge in [-0.3, -0.25) is 4.79 Å². The molecule has 3 N–H and O–H groups in total. The normalized spacial score (nSPS) is 10.8. The van der Waals surface area contributed by atoms with E-state index in [2.05, 4.69) is 25.5 Å². The maximum Gasteiger partial charge on any atom is 0.294 e. The SMILES string of the molecule is O=C(Nc1cc(-c2cc(OCCCCO)ccc2Cl)ccn1)c1nnc(Cc2ccccc2F)[nH]1. The minimum Gasteiger partial charge on any atom is -0.494 e. The van der Waals surface area contributed by atoms with Gasteiger partial charge in [-0.15, -0.1) is 10.2 Å². The second kappa shape index (κ2) is 11.5. The summed E-state index contributed by atoms with van der Waals surface area (Å²) < 4.78 is 19.6. The number of aromatic nitrogens is 4. The van der Waals surface area contributed by atoms with E-state index in [4.69, 9.17) is 21.4 Å². The van der Waals surface area contributed by atoms with Crippen LogP contribution in [-0.2, 0) is 6.42 Å². The van der Waals surface area contributed by atoms with Crippen LogP contribution in [0.1, 0.15) is 34.8 Å². The summed E-state index contributed by atoms with van der Waals surface area (Å²) in [5, 5.41) is 19.9. The van der Waals surface area contributed by atoms with Crippen LogP contribution in [0.4, 0.5) is 10.2 Å². The highest BCUT2D eigenvalue weighted by Gasteiger charge is 2.15. The molecule has 8 nitrogen and oxygen atoms in total. The molecule has 2 heterocycles. The largest absolute Gasteiger partial charge is 0.494 e. The number of hydrogen-bond donors (Lipinski definition) is 3. The molecular formula is C25H23ClFN5O3. The summed E-state index contributed by atoms with van der Waals surface area (Å²) in [5.41, 5.74) is 1.90. The molecule has 35 heavy (non-hydrogen) atoms. The molecule has 0 unspecified atom stereocenters. The number of nitrogens with one attached hydrogen (secondary N) is 2. The topological polar surface area (TPSA) is 113 Å². The third kappa shape index (κ3) is 6.40. The van der Waals surface area contributed by atoms with Crippen molar-refractivity contribution < 1.29 is 19.0 Å². The van der Waals surface area contributed by atoms with Crippen LogP contribution in [0.5, 0.6) is 5.75 Å². The Morgan fingerprint density at radius 1 is 1.11 bits per heavy atom. The lowest BCUT2D eigenvalue weighted by Crippen LogP contribution is -2.14. The molecule has 0 aliphatic carbocycles. The molecule has 4 aromatic rings.